The molecule has 3 N–H and O–H groups in total. The van der Waals surface area contributed by atoms with Gasteiger partial charge in [0.25, 0.3) is 0 Å². The van der Waals surface area contributed by atoms with E-state index in [4.69, 9.17) is 5.73 Å². The average molecular weight is 373 g/mol. The van der Waals surface area contributed by atoms with Crippen LogP contribution in [0.2, 0.25) is 0 Å². The van der Waals surface area contributed by atoms with E-state index in [9.17, 15) is 0 Å². The van der Waals surface area contributed by atoms with E-state index >= 15 is 0 Å². The molecule has 1 aliphatic carbocycles. The Morgan fingerprint density at radius 3 is 2.74 bits per heavy atom. The molecular weight excluding hydrogens is 349 g/mol. The maximum Gasteiger partial charge on any atom is 0.193 e. The van der Waals surface area contributed by atoms with Crippen LogP contribution >= 0.6 is 24.0 Å². The molecule has 4 heteroatoms. The summed E-state index contributed by atoms with van der Waals surface area (Å²) >= 11 is 0. The smallest absolute Gasteiger partial charge is 0.193 e. The van der Waals surface area contributed by atoms with Crippen LogP contribution in [0.25, 0.3) is 0 Å². The highest BCUT2D eigenvalue weighted by molar-refractivity contribution is 14.0. The van der Waals surface area contributed by atoms with Gasteiger partial charge >= 0.3 is 0 Å². The topological polar surface area (TPSA) is 50.4 Å². The van der Waals surface area contributed by atoms with Crippen LogP contribution in [0.5, 0.6) is 0 Å². The third-order valence-electron chi connectivity index (χ3n) is 3.63. The number of aryl methyl sites for hydroxylation is 2. The number of nitrogens with zero attached hydrogens (tertiary/aromatic N) is 1. The molecule has 0 radical (unpaired) electrons. The second kappa shape index (κ2) is 7.12. The molecule has 0 aliphatic heterocycles. The van der Waals surface area contributed by atoms with Gasteiger partial charge in [-0.2, -0.15) is 0 Å². The first kappa shape index (κ1) is 16.3. The summed E-state index contributed by atoms with van der Waals surface area (Å²) in [6.07, 6.45) is 3.70. The number of nitrogens with one attached hydrogen (secondary N) is 1. The van der Waals surface area contributed by atoms with E-state index < -0.39 is 0 Å². The Hall–Kier alpha value is -0.780. The molecule has 1 aromatic rings. The Bertz CT molecular complexity index is 457. The summed E-state index contributed by atoms with van der Waals surface area (Å²) in [7, 11) is 0. The van der Waals surface area contributed by atoms with Crippen LogP contribution in [0.3, 0.4) is 0 Å². The monoisotopic (exact) mass is 373 g/mol. The molecule has 19 heavy (non-hydrogen) atoms. The van der Waals surface area contributed by atoms with Crippen molar-refractivity contribution in [3.05, 3.63) is 29.3 Å². The van der Waals surface area contributed by atoms with Crippen molar-refractivity contribution >= 4 is 35.6 Å². The van der Waals surface area contributed by atoms with Gasteiger partial charge in [0, 0.05) is 5.69 Å². The average Bonchev–Trinajstić information content (AvgIpc) is 3.02. The highest BCUT2D eigenvalue weighted by atomic mass is 127. The first-order chi connectivity index (χ1) is 8.60. The minimum atomic E-state index is 0. The first-order valence-corrected chi connectivity index (χ1v) is 6.77. The van der Waals surface area contributed by atoms with Crippen molar-refractivity contribution in [1.82, 2.24) is 0 Å². The maximum atomic E-state index is 5.93. The van der Waals surface area contributed by atoms with Crippen molar-refractivity contribution < 1.29 is 0 Å². The predicted molar refractivity (Wildman–Crippen MR) is 93.4 cm³/mol. The fraction of sp³-hybridized carbons (Fsp3) is 0.533. The fourth-order valence-electron chi connectivity index (χ4n) is 2.25. The summed E-state index contributed by atoms with van der Waals surface area (Å²) in [5.74, 6) is 1.30. The number of aliphatic imine (C=N–C) groups is 1. The fourth-order valence-corrected chi connectivity index (χ4v) is 2.25. The lowest BCUT2D eigenvalue weighted by Gasteiger charge is -2.08. The molecule has 0 spiro atoms. The van der Waals surface area contributed by atoms with Gasteiger partial charge in [-0.25, -0.2) is 4.99 Å². The summed E-state index contributed by atoms with van der Waals surface area (Å²) in [5, 5.41) is 3.17. The molecule has 0 amide bonds. The third kappa shape index (κ3) is 4.67. The van der Waals surface area contributed by atoms with Gasteiger partial charge in [0.2, 0.25) is 0 Å². The number of nitrogens with two attached hydrogens (primary N) is 1. The Kier molecular flexibility index (Phi) is 6.10. The lowest BCUT2D eigenvalue weighted by atomic mass is 10.1. The van der Waals surface area contributed by atoms with Crippen LogP contribution in [0.1, 0.15) is 37.3 Å². The standard InChI is InChI=1S/C15H23N3.HI/c1-4-5-12-9-14(12)18-15(16)17-13-7-6-10(2)11(3)8-13;/h6-8,12,14H,4-5,9H2,1-3H3,(H3,16,17,18);1H. The summed E-state index contributed by atoms with van der Waals surface area (Å²) in [6.45, 7) is 6.43. The molecule has 2 unspecified atom stereocenters. The van der Waals surface area contributed by atoms with Gasteiger partial charge in [-0.3, -0.25) is 0 Å². The SMILES string of the molecule is CCCC1CC1N=C(N)Nc1ccc(C)c(C)c1.I. The molecule has 0 heterocycles. The van der Waals surface area contributed by atoms with E-state index in [2.05, 4.69) is 43.2 Å². The Morgan fingerprint density at radius 1 is 1.37 bits per heavy atom. The van der Waals surface area contributed by atoms with Crippen molar-refractivity contribution in [2.75, 3.05) is 5.32 Å². The minimum absolute atomic E-state index is 0. The molecule has 106 valence electrons. The van der Waals surface area contributed by atoms with Crippen LogP contribution in [-0.4, -0.2) is 12.0 Å². The summed E-state index contributed by atoms with van der Waals surface area (Å²) in [5.41, 5.74) is 9.51. The van der Waals surface area contributed by atoms with Crippen molar-refractivity contribution in [2.24, 2.45) is 16.6 Å². The summed E-state index contributed by atoms with van der Waals surface area (Å²) in [6, 6.07) is 6.70. The van der Waals surface area contributed by atoms with Crippen LogP contribution in [0, 0.1) is 19.8 Å². The number of benzene rings is 1. The minimum Gasteiger partial charge on any atom is -0.370 e. The highest BCUT2D eigenvalue weighted by Gasteiger charge is 2.35. The van der Waals surface area contributed by atoms with E-state index in [1.165, 1.54) is 30.4 Å². The van der Waals surface area contributed by atoms with Crippen molar-refractivity contribution in [3.63, 3.8) is 0 Å². The van der Waals surface area contributed by atoms with Gasteiger partial charge in [0.15, 0.2) is 5.96 Å². The van der Waals surface area contributed by atoms with Gasteiger partial charge in [-0.1, -0.05) is 19.4 Å². The van der Waals surface area contributed by atoms with Gasteiger partial charge < -0.3 is 11.1 Å². The Morgan fingerprint density at radius 2 is 2.11 bits per heavy atom. The third-order valence-corrected chi connectivity index (χ3v) is 3.63. The highest BCUT2D eigenvalue weighted by Crippen LogP contribution is 2.37. The maximum absolute atomic E-state index is 5.93. The zero-order valence-corrected chi connectivity index (χ0v) is 14.3. The van der Waals surface area contributed by atoms with Crippen LogP contribution < -0.4 is 11.1 Å². The molecular formula is C15H24IN3. The van der Waals surface area contributed by atoms with Gasteiger partial charge in [0.1, 0.15) is 0 Å². The van der Waals surface area contributed by atoms with E-state index in [0.29, 0.717) is 12.0 Å². The van der Waals surface area contributed by atoms with E-state index in [1.807, 2.05) is 6.07 Å². The molecule has 2 rings (SSSR count). The first-order valence-electron chi connectivity index (χ1n) is 6.77. The lowest BCUT2D eigenvalue weighted by molar-refractivity contribution is 0.683. The quantitative estimate of drug-likeness (QED) is 0.479. The summed E-state index contributed by atoms with van der Waals surface area (Å²) < 4.78 is 0. The Labute approximate surface area is 133 Å². The summed E-state index contributed by atoms with van der Waals surface area (Å²) in [4.78, 5) is 4.52. The van der Waals surface area contributed by atoms with Gasteiger partial charge in [-0.05, 0) is 55.9 Å². The van der Waals surface area contributed by atoms with E-state index in [0.717, 1.165) is 11.6 Å². The van der Waals surface area contributed by atoms with Crippen LogP contribution in [0.4, 0.5) is 5.69 Å². The number of halogens is 1. The second-order valence-electron chi connectivity index (χ2n) is 5.29. The molecule has 1 aromatic carbocycles. The van der Waals surface area contributed by atoms with Crippen molar-refractivity contribution in [3.8, 4) is 0 Å². The normalized spacial score (nSPS) is 21.7. The lowest BCUT2D eigenvalue weighted by Crippen LogP contribution is -2.23. The molecule has 1 aliphatic rings. The molecule has 1 fully saturated rings. The second-order valence-corrected chi connectivity index (χ2v) is 5.29. The van der Waals surface area contributed by atoms with E-state index in [-0.39, 0.29) is 24.0 Å². The molecule has 0 saturated heterocycles. The number of guanidine groups is 1. The number of rotatable bonds is 4. The largest absolute Gasteiger partial charge is 0.370 e. The van der Waals surface area contributed by atoms with Gasteiger partial charge in [-0.15, -0.1) is 24.0 Å². The molecule has 0 aromatic heterocycles. The van der Waals surface area contributed by atoms with Crippen LogP contribution in [-0.2, 0) is 0 Å². The predicted octanol–water partition coefficient (Wildman–Crippen LogP) is 3.84. The van der Waals surface area contributed by atoms with E-state index in [1.54, 1.807) is 0 Å². The van der Waals surface area contributed by atoms with Crippen molar-refractivity contribution in [2.45, 2.75) is 46.1 Å². The molecule has 2 atom stereocenters. The number of anilines is 1. The Balaban J connectivity index is 0.00000180. The van der Waals surface area contributed by atoms with Crippen LogP contribution in [0.15, 0.2) is 23.2 Å². The zero-order chi connectivity index (χ0) is 13.1. The van der Waals surface area contributed by atoms with Crippen molar-refractivity contribution in [1.29, 1.82) is 0 Å². The molecule has 1 saturated carbocycles. The number of hydrogen-bond donors (Lipinski definition) is 2. The molecule has 0 bridgehead atoms. The van der Waals surface area contributed by atoms with Gasteiger partial charge in [0.05, 0.1) is 6.04 Å². The molecule has 3 nitrogen and oxygen atoms in total. The number of hydrogen-bond acceptors (Lipinski definition) is 1. The zero-order valence-electron chi connectivity index (χ0n) is 11.9.